The maximum atomic E-state index is 11.7. The first-order valence-electron chi connectivity index (χ1n) is 7.07. The Morgan fingerprint density at radius 1 is 1.40 bits per heavy atom. The molecule has 0 saturated carbocycles. The molecule has 0 aliphatic rings. The molecule has 0 atom stereocenters. The summed E-state index contributed by atoms with van der Waals surface area (Å²) in [5, 5.41) is 4.07. The highest BCUT2D eigenvalue weighted by Crippen LogP contribution is 2.20. The zero-order valence-electron chi connectivity index (χ0n) is 13.0. The third-order valence-corrected chi connectivity index (χ3v) is 3.80. The zero-order valence-corrected chi connectivity index (χ0v) is 13.8. The number of rotatable bonds is 8. The lowest BCUT2D eigenvalue weighted by Crippen LogP contribution is -2.40. The molecule has 1 aromatic rings. The van der Waals surface area contributed by atoms with Crippen molar-refractivity contribution in [2.24, 2.45) is 0 Å². The van der Waals surface area contributed by atoms with Crippen molar-refractivity contribution in [1.29, 1.82) is 0 Å². The van der Waals surface area contributed by atoms with E-state index in [2.05, 4.69) is 42.9 Å². The van der Waals surface area contributed by atoms with Gasteiger partial charge in [0.25, 0.3) is 0 Å². The van der Waals surface area contributed by atoms with Gasteiger partial charge in [-0.05, 0) is 34.6 Å². The van der Waals surface area contributed by atoms with Crippen LogP contribution < -0.4 is 5.32 Å². The SMILES string of the molecule is CCOC(=O)c1ncsc1NCCN(C(C)C)C(C)C. The molecule has 1 heterocycles. The zero-order chi connectivity index (χ0) is 15.1. The lowest BCUT2D eigenvalue weighted by molar-refractivity contribution is 0.0521. The van der Waals surface area contributed by atoms with Crippen LogP contribution >= 0.6 is 11.3 Å². The van der Waals surface area contributed by atoms with Crippen molar-refractivity contribution in [3.8, 4) is 0 Å². The normalized spacial score (nSPS) is 11.4. The average molecular weight is 299 g/mol. The van der Waals surface area contributed by atoms with E-state index in [1.807, 2.05) is 0 Å². The summed E-state index contributed by atoms with van der Waals surface area (Å²) in [7, 11) is 0. The first-order chi connectivity index (χ1) is 9.47. The minimum Gasteiger partial charge on any atom is -0.461 e. The minimum atomic E-state index is -0.360. The van der Waals surface area contributed by atoms with E-state index in [0.717, 1.165) is 18.1 Å². The second-order valence-electron chi connectivity index (χ2n) is 5.10. The van der Waals surface area contributed by atoms with Crippen LogP contribution in [0.4, 0.5) is 5.00 Å². The van der Waals surface area contributed by atoms with Gasteiger partial charge in [0.2, 0.25) is 0 Å². The number of hydrogen-bond acceptors (Lipinski definition) is 6. The highest BCUT2D eigenvalue weighted by Gasteiger charge is 2.17. The van der Waals surface area contributed by atoms with Crippen LogP contribution in [0.15, 0.2) is 5.51 Å². The number of aromatic nitrogens is 1. The number of carbonyl (C=O) groups is 1. The number of anilines is 1. The minimum absolute atomic E-state index is 0.360. The molecule has 0 aliphatic heterocycles. The lowest BCUT2D eigenvalue weighted by atomic mass is 10.2. The van der Waals surface area contributed by atoms with Crippen molar-refractivity contribution in [3.05, 3.63) is 11.2 Å². The third kappa shape index (κ3) is 4.76. The maximum Gasteiger partial charge on any atom is 0.360 e. The second kappa shape index (κ2) is 8.21. The van der Waals surface area contributed by atoms with Crippen molar-refractivity contribution in [2.75, 3.05) is 25.0 Å². The van der Waals surface area contributed by atoms with Gasteiger partial charge in [0.1, 0.15) is 5.00 Å². The van der Waals surface area contributed by atoms with Crippen molar-refractivity contribution in [3.63, 3.8) is 0 Å². The Balaban J connectivity index is 2.54. The predicted octanol–water partition coefficient (Wildman–Crippen LogP) is 2.85. The Labute approximate surface area is 125 Å². The van der Waals surface area contributed by atoms with Crippen molar-refractivity contribution < 1.29 is 9.53 Å². The fraction of sp³-hybridized carbons (Fsp3) is 0.714. The summed E-state index contributed by atoms with van der Waals surface area (Å²) in [6.45, 7) is 12.6. The number of thiazole rings is 1. The number of carbonyl (C=O) groups excluding carboxylic acids is 1. The van der Waals surface area contributed by atoms with Crippen LogP contribution in [-0.4, -0.2) is 47.6 Å². The molecule has 114 valence electrons. The van der Waals surface area contributed by atoms with Gasteiger partial charge in [-0.1, -0.05) is 0 Å². The van der Waals surface area contributed by atoms with Crippen molar-refractivity contribution >= 4 is 22.3 Å². The number of nitrogens with zero attached hydrogens (tertiary/aromatic N) is 2. The standard InChI is InChI=1S/C14H25N3O2S/c1-6-19-14(18)12-13(20-9-16-12)15-7-8-17(10(2)3)11(4)5/h9-11,15H,6-8H2,1-5H3. The predicted molar refractivity (Wildman–Crippen MR) is 83.5 cm³/mol. The summed E-state index contributed by atoms with van der Waals surface area (Å²) in [6.07, 6.45) is 0. The molecule has 0 saturated heterocycles. The molecular formula is C14H25N3O2S. The summed E-state index contributed by atoms with van der Waals surface area (Å²) < 4.78 is 4.99. The number of esters is 1. The summed E-state index contributed by atoms with van der Waals surface area (Å²) in [4.78, 5) is 18.2. The second-order valence-corrected chi connectivity index (χ2v) is 5.96. The number of ether oxygens (including phenoxy) is 1. The third-order valence-electron chi connectivity index (χ3n) is 3.02. The summed E-state index contributed by atoms with van der Waals surface area (Å²) >= 11 is 1.43. The van der Waals surface area contributed by atoms with Crippen LogP contribution in [0.3, 0.4) is 0 Å². The van der Waals surface area contributed by atoms with Gasteiger partial charge in [0, 0.05) is 25.2 Å². The maximum absolute atomic E-state index is 11.7. The molecule has 1 aromatic heterocycles. The van der Waals surface area contributed by atoms with Gasteiger partial charge in [0.05, 0.1) is 12.1 Å². The molecule has 0 spiro atoms. The Morgan fingerprint density at radius 3 is 2.60 bits per heavy atom. The fourth-order valence-corrected chi connectivity index (χ4v) is 2.82. The summed E-state index contributed by atoms with van der Waals surface area (Å²) in [6, 6.07) is 1.01. The van der Waals surface area contributed by atoms with Gasteiger partial charge in [0.15, 0.2) is 5.69 Å². The molecule has 5 nitrogen and oxygen atoms in total. The Hall–Kier alpha value is -1.14. The molecule has 0 bridgehead atoms. The van der Waals surface area contributed by atoms with Crippen LogP contribution in [0, 0.1) is 0 Å². The molecule has 0 fully saturated rings. The molecule has 0 aliphatic carbocycles. The molecule has 0 unspecified atom stereocenters. The van der Waals surface area contributed by atoms with E-state index >= 15 is 0 Å². The Morgan fingerprint density at radius 2 is 2.05 bits per heavy atom. The smallest absolute Gasteiger partial charge is 0.360 e. The van der Waals surface area contributed by atoms with Gasteiger partial charge in [-0.3, -0.25) is 4.90 Å². The molecule has 20 heavy (non-hydrogen) atoms. The van der Waals surface area contributed by atoms with Crippen LogP contribution in [-0.2, 0) is 4.74 Å². The van der Waals surface area contributed by atoms with Crippen LogP contribution in [0.25, 0.3) is 0 Å². The van der Waals surface area contributed by atoms with E-state index in [1.165, 1.54) is 11.3 Å². The van der Waals surface area contributed by atoms with Gasteiger partial charge in [-0.15, -0.1) is 11.3 Å². The average Bonchev–Trinajstić information content (AvgIpc) is 2.82. The van der Waals surface area contributed by atoms with E-state index < -0.39 is 0 Å². The van der Waals surface area contributed by atoms with Gasteiger partial charge in [-0.25, -0.2) is 9.78 Å². The molecule has 0 radical (unpaired) electrons. The molecule has 6 heteroatoms. The quantitative estimate of drug-likeness (QED) is 0.748. The van der Waals surface area contributed by atoms with E-state index in [1.54, 1.807) is 12.4 Å². The van der Waals surface area contributed by atoms with Crippen LogP contribution in [0.2, 0.25) is 0 Å². The van der Waals surface area contributed by atoms with Crippen LogP contribution in [0.5, 0.6) is 0 Å². The number of hydrogen-bond donors (Lipinski definition) is 1. The van der Waals surface area contributed by atoms with E-state index in [0.29, 0.717) is 24.4 Å². The van der Waals surface area contributed by atoms with E-state index in [4.69, 9.17) is 4.74 Å². The molecule has 1 N–H and O–H groups in total. The summed E-state index contributed by atoms with van der Waals surface area (Å²) in [5.41, 5.74) is 2.05. The van der Waals surface area contributed by atoms with Crippen molar-refractivity contribution in [2.45, 2.75) is 46.7 Å². The first kappa shape index (κ1) is 16.9. The van der Waals surface area contributed by atoms with Gasteiger partial charge in [-0.2, -0.15) is 0 Å². The fourth-order valence-electron chi connectivity index (χ4n) is 2.13. The Kier molecular flexibility index (Phi) is 6.95. The molecule has 1 rings (SSSR count). The van der Waals surface area contributed by atoms with Crippen molar-refractivity contribution in [1.82, 2.24) is 9.88 Å². The van der Waals surface area contributed by atoms with Gasteiger partial charge >= 0.3 is 5.97 Å². The molecule has 0 amide bonds. The number of nitrogens with one attached hydrogen (secondary N) is 1. The Bertz CT molecular complexity index is 410. The van der Waals surface area contributed by atoms with Crippen LogP contribution in [0.1, 0.15) is 45.1 Å². The topological polar surface area (TPSA) is 54.5 Å². The van der Waals surface area contributed by atoms with E-state index in [9.17, 15) is 4.79 Å². The van der Waals surface area contributed by atoms with Gasteiger partial charge < -0.3 is 10.1 Å². The first-order valence-corrected chi connectivity index (χ1v) is 7.95. The molecular weight excluding hydrogens is 274 g/mol. The highest BCUT2D eigenvalue weighted by atomic mass is 32.1. The summed E-state index contributed by atoms with van der Waals surface area (Å²) in [5.74, 6) is -0.360. The largest absolute Gasteiger partial charge is 0.461 e. The molecule has 0 aromatic carbocycles. The van der Waals surface area contributed by atoms with E-state index in [-0.39, 0.29) is 5.97 Å². The lowest BCUT2D eigenvalue weighted by Gasteiger charge is -2.30. The monoisotopic (exact) mass is 299 g/mol. The highest BCUT2D eigenvalue weighted by molar-refractivity contribution is 7.14.